The highest BCUT2D eigenvalue weighted by Crippen LogP contribution is 2.29. The van der Waals surface area contributed by atoms with Crippen molar-refractivity contribution < 1.29 is 23.8 Å². The van der Waals surface area contributed by atoms with Crippen LogP contribution in [0.2, 0.25) is 0 Å². The van der Waals surface area contributed by atoms with E-state index in [1.54, 1.807) is 37.3 Å². The first-order valence-corrected chi connectivity index (χ1v) is 7.04. The SMILES string of the molecule is COc1ccc(NC(=O)NCC(O)c2ccc(C)o2)cc1OC. The molecule has 1 heterocycles. The van der Waals surface area contributed by atoms with E-state index >= 15 is 0 Å². The van der Waals surface area contributed by atoms with E-state index in [4.69, 9.17) is 13.9 Å². The Morgan fingerprint density at radius 1 is 1.22 bits per heavy atom. The van der Waals surface area contributed by atoms with Crippen LogP contribution < -0.4 is 20.1 Å². The number of hydrogen-bond donors (Lipinski definition) is 3. The molecule has 0 aliphatic heterocycles. The minimum atomic E-state index is -0.903. The first-order chi connectivity index (χ1) is 11.0. The van der Waals surface area contributed by atoms with E-state index in [2.05, 4.69) is 10.6 Å². The first kappa shape index (κ1) is 16.7. The third-order valence-electron chi connectivity index (χ3n) is 3.19. The van der Waals surface area contributed by atoms with Crippen molar-refractivity contribution in [2.24, 2.45) is 0 Å². The molecule has 0 spiro atoms. The molecule has 0 radical (unpaired) electrons. The molecule has 1 aromatic carbocycles. The Bertz CT molecular complexity index is 668. The molecule has 0 aliphatic carbocycles. The molecule has 2 amide bonds. The Balaban J connectivity index is 1.89. The Morgan fingerprint density at radius 3 is 2.57 bits per heavy atom. The summed E-state index contributed by atoms with van der Waals surface area (Å²) in [5.41, 5.74) is 0.545. The number of ether oxygens (including phenoxy) is 2. The predicted octanol–water partition coefficient (Wildman–Crippen LogP) is 2.46. The average molecular weight is 320 g/mol. The zero-order valence-corrected chi connectivity index (χ0v) is 13.3. The van der Waals surface area contributed by atoms with Crippen molar-refractivity contribution in [3.63, 3.8) is 0 Å². The van der Waals surface area contributed by atoms with Crippen molar-refractivity contribution in [1.29, 1.82) is 0 Å². The van der Waals surface area contributed by atoms with Gasteiger partial charge in [-0.15, -0.1) is 0 Å². The maximum atomic E-state index is 11.9. The van der Waals surface area contributed by atoms with Crippen LogP contribution in [-0.2, 0) is 0 Å². The number of aliphatic hydroxyl groups is 1. The van der Waals surface area contributed by atoms with Crippen molar-refractivity contribution in [2.75, 3.05) is 26.1 Å². The molecule has 124 valence electrons. The van der Waals surface area contributed by atoms with Crippen LogP contribution in [0.15, 0.2) is 34.7 Å². The lowest BCUT2D eigenvalue weighted by molar-refractivity contribution is 0.148. The van der Waals surface area contributed by atoms with Crippen molar-refractivity contribution in [2.45, 2.75) is 13.0 Å². The number of benzene rings is 1. The topological polar surface area (TPSA) is 93.0 Å². The number of methoxy groups -OCH3 is 2. The zero-order chi connectivity index (χ0) is 16.8. The number of carbonyl (C=O) groups excluding carboxylic acids is 1. The summed E-state index contributed by atoms with van der Waals surface area (Å²) in [6.45, 7) is 1.82. The number of nitrogens with one attached hydrogen (secondary N) is 2. The summed E-state index contributed by atoms with van der Waals surface area (Å²) < 4.78 is 15.6. The number of anilines is 1. The molecule has 0 fully saturated rings. The lowest BCUT2D eigenvalue weighted by Crippen LogP contribution is -2.32. The molecular formula is C16H20N2O5. The molecule has 0 saturated carbocycles. The molecule has 1 aromatic heterocycles. The summed E-state index contributed by atoms with van der Waals surface area (Å²) in [5.74, 6) is 2.20. The van der Waals surface area contributed by atoms with E-state index in [-0.39, 0.29) is 6.54 Å². The van der Waals surface area contributed by atoms with Gasteiger partial charge < -0.3 is 29.6 Å². The van der Waals surface area contributed by atoms with Gasteiger partial charge in [0.15, 0.2) is 11.5 Å². The normalized spacial score (nSPS) is 11.7. The van der Waals surface area contributed by atoms with E-state index in [0.29, 0.717) is 28.7 Å². The fraction of sp³-hybridized carbons (Fsp3) is 0.312. The van der Waals surface area contributed by atoms with Gasteiger partial charge in [0.25, 0.3) is 0 Å². The molecule has 3 N–H and O–H groups in total. The van der Waals surface area contributed by atoms with E-state index in [9.17, 15) is 9.90 Å². The van der Waals surface area contributed by atoms with E-state index in [1.165, 1.54) is 14.2 Å². The van der Waals surface area contributed by atoms with Gasteiger partial charge in [0, 0.05) is 11.8 Å². The highest BCUT2D eigenvalue weighted by atomic mass is 16.5. The van der Waals surface area contributed by atoms with E-state index in [0.717, 1.165) is 0 Å². The van der Waals surface area contributed by atoms with Crippen LogP contribution in [-0.4, -0.2) is 31.9 Å². The summed E-state index contributed by atoms with van der Waals surface area (Å²) in [6, 6.07) is 8.00. The van der Waals surface area contributed by atoms with Crippen LogP contribution in [0.4, 0.5) is 10.5 Å². The highest BCUT2D eigenvalue weighted by Gasteiger charge is 2.13. The van der Waals surface area contributed by atoms with Crippen molar-refractivity contribution >= 4 is 11.7 Å². The van der Waals surface area contributed by atoms with Gasteiger partial charge in [0.2, 0.25) is 0 Å². The quantitative estimate of drug-likeness (QED) is 0.760. The smallest absolute Gasteiger partial charge is 0.319 e. The molecule has 1 atom stereocenters. The highest BCUT2D eigenvalue weighted by molar-refractivity contribution is 5.89. The second-order valence-electron chi connectivity index (χ2n) is 4.87. The summed E-state index contributed by atoms with van der Waals surface area (Å²) in [5, 5.41) is 15.2. The molecule has 0 aliphatic rings. The number of amides is 2. The van der Waals surface area contributed by atoms with Gasteiger partial charge in [-0.1, -0.05) is 0 Å². The van der Waals surface area contributed by atoms with Gasteiger partial charge in [0.05, 0.1) is 20.8 Å². The maximum absolute atomic E-state index is 11.9. The molecule has 2 rings (SSSR count). The largest absolute Gasteiger partial charge is 0.493 e. The van der Waals surface area contributed by atoms with Crippen LogP contribution >= 0.6 is 0 Å². The third-order valence-corrected chi connectivity index (χ3v) is 3.19. The van der Waals surface area contributed by atoms with Gasteiger partial charge in [0.1, 0.15) is 17.6 Å². The summed E-state index contributed by atoms with van der Waals surface area (Å²) >= 11 is 0. The minimum absolute atomic E-state index is 0.0338. The Hall–Kier alpha value is -2.67. The summed E-state index contributed by atoms with van der Waals surface area (Å²) in [6.07, 6.45) is -0.903. The lowest BCUT2D eigenvalue weighted by Gasteiger charge is -2.12. The molecule has 23 heavy (non-hydrogen) atoms. The molecule has 2 aromatic rings. The fourth-order valence-corrected chi connectivity index (χ4v) is 2.01. The molecule has 1 unspecified atom stereocenters. The number of aliphatic hydroxyl groups excluding tert-OH is 1. The summed E-state index contributed by atoms with van der Waals surface area (Å²) in [7, 11) is 3.05. The Morgan fingerprint density at radius 2 is 1.96 bits per heavy atom. The zero-order valence-electron chi connectivity index (χ0n) is 13.3. The van der Waals surface area contributed by atoms with Crippen LogP contribution in [0.1, 0.15) is 17.6 Å². The maximum Gasteiger partial charge on any atom is 0.319 e. The summed E-state index contributed by atoms with van der Waals surface area (Å²) in [4.78, 5) is 11.9. The average Bonchev–Trinajstić information content (AvgIpc) is 2.99. The molecule has 7 nitrogen and oxygen atoms in total. The number of hydrogen-bond acceptors (Lipinski definition) is 5. The van der Waals surface area contributed by atoms with Crippen molar-refractivity contribution in [3.8, 4) is 11.5 Å². The van der Waals surface area contributed by atoms with Gasteiger partial charge in [-0.25, -0.2) is 4.79 Å². The first-order valence-electron chi connectivity index (χ1n) is 7.04. The Labute approximate surface area is 134 Å². The number of rotatable bonds is 6. The minimum Gasteiger partial charge on any atom is -0.493 e. The molecule has 0 saturated heterocycles. The predicted molar refractivity (Wildman–Crippen MR) is 85.0 cm³/mol. The van der Waals surface area contributed by atoms with E-state index in [1.807, 2.05) is 0 Å². The standard InChI is InChI=1S/C16H20N2O5/c1-10-4-6-13(23-10)12(19)9-17-16(20)18-11-5-7-14(21-2)15(8-11)22-3/h4-8,12,19H,9H2,1-3H3,(H2,17,18,20). The van der Waals surface area contributed by atoms with Crippen LogP contribution in [0, 0.1) is 6.92 Å². The van der Waals surface area contributed by atoms with Gasteiger partial charge in [-0.2, -0.15) is 0 Å². The Kier molecular flexibility index (Phi) is 5.48. The van der Waals surface area contributed by atoms with Gasteiger partial charge in [-0.3, -0.25) is 0 Å². The van der Waals surface area contributed by atoms with Crippen molar-refractivity contribution in [1.82, 2.24) is 5.32 Å². The van der Waals surface area contributed by atoms with Crippen LogP contribution in [0.25, 0.3) is 0 Å². The number of furan rings is 1. The van der Waals surface area contributed by atoms with Crippen LogP contribution in [0.5, 0.6) is 11.5 Å². The lowest BCUT2D eigenvalue weighted by atomic mass is 10.2. The number of carbonyl (C=O) groups is 1. The second-order valence-corrected chi connectivity index (χ2v) is 4.87. The molecule has 7 heteroatoms. The fourth-order valence-electron chi connectivity index (χ4n) is 2.01. The monoisotopic (exact) mass is 320 g/mol. The second kappa shape index (κ2) is 7.55. The number of aryl methyl sites for hydroxylation is 1. The van der Waals surface area contributed by atoms with E-state index < -0.39 is 12.1 Å². The van der Waals surface area contributed by atoms with Crippen molar-refractivity contribution in [3.05, 3.63) is 41.9 Å². The van der Waals surface area contributed by atoms with Crippen LogP contribution in [0.3, 0.4) is 0 Å². The van der Waals surface area contributed by atoms with Gasteiger partial charge in [-0.05, 0) is 31.2 Å². The molecule has 0 bridgehead atoms. The number of urea groups is 1. The third kappa shape index (κ3) is 4.40. The molecular weight excluding hydrogens is 300 g/mol. The van der Waals surface area contributed by atoms with Gasteiger partial charge >= 0.3 is 6.03 Å².